The zero-order valence-corrected chi connectivity index (χ0v) is 19.6. The van der Waals surface area contributed by atoms with E-state index in [9.17, 15) is 9.59 Å². The van der Waals surface area contributed by atoms with Gasteiger partial charge >= 0.3 is 0 Å². The number of amides is 2. The molecule has 0 spiro atoms. The number of hydrogen-bond donors (Lipinski definition) is 1. The highest BCUT2D eigenvalue weighted by molar-refractivity contribution is 6.36. The first-order chi connectivity index (χ1) is 15.9. The SMILES string of the molecule is COc1ccccc1NC1=C(c2ccc(OC)c(OC)c2)C(=O)N(CCCOC(C)C)C1=O. The van der Waals surface area contributed by atoms with Gasteiger partial charge in [-0.1, -0.05) is 18.2 Å². The second-order valence-corrected chi connectivity index (χ2v) is 7.68. The first kappa shape index (κ1) is 24.1. The van der Waals surface area contributed by atoms with Crippen molar-refractivity contribution in [3.63, 3.8) is 0 Å². The van der Waals surface area contributed by atoms with Crippen molar-refractivity contribution in [3.05, 3.63) is 53.7 Å². The van der Waals surface area contributed by atoms with E-state index < -0.39 is 5.91 Å². The van der Waals surface area contributed by atoms with E-state index in [0.29, 0.717) is 41.5 Å². The molecule has 2 aromatic carbocycles. The average molecular weight is 455 g/mol. The molecule has 176 valence electrons. The van der Waals surface area contributed by atoms with Crippen LogP contribution < -0.4 is 19.5 Å². The van der Waals surface area contributed by atoms with Crippen LogP contribution in [-0.2, 0) is 14.3 Å². The van der Waals surface area contributed by atoms with Gasteiger partial charge in [0, 0.05) is 13.2 Å². The van der Waals surface area contributed by atoms with Crippen LogP contribution in [0, 0.1) is 0 Å². The van der Waals surface area contributed by atoms with Crippen molar-refractivity contribution >= 4 is 23.1 Å². The van der Waals surface area contributed by atoms with Crippen molar-refractivity contribution < 1.29 is 28.5 Å². The monoisotopic (exact) mass is 454 g/mol. The lowest BCUT2D eigenvalue weighted by molar-refractivity contribution is -0.137. The Hall–Kier alpha value is -3.52. The van der Waals surface area contributed by atoms with Gasteiger partial charge in [-0.15, -0.1) is 0 Å². The zero-order chi connectivity index (χ0) is 24.0. The molecule has 0 bridgehead atoms. The maximum absolute atomic E-state index is 13.4. The molecule has 0 saturated heterocycles. The van der Waals surface area contributed by atoms with E-state index in [1.165, 1.54) is 19.1 Å². The number of nitrogens with zero attached hydrogens (tertiary/aromatic N) is 1. The number of methoxy groups -OCH3 is 3. The number of benzene rings is 2. The lowest BCUT2D eigenvalue weighted by atomic mass is 10.0. The van der Waals surface area contributed by atoms with Gasteiger partial charge in [-0.2, -0.15) is 0 Å². The molecule has 1 aliphatic rings. The molecule has 0 saturated carbocycles. The largest absolute Gasteiger partial charge is 0.495 e. The minimum Gasteiger partial charge on any atom is -0.495 e. The summed E-state index contributed by atoms with van der Waals surface area (Å²) >= 11 is 0. The summed E-state index contributed by atoms with van der Waals surface area (Å²) in [5.41, 5.74) is 1.57. The predicted molar refractivity (Wildman–Crippen MR) is 126 cm³/mol. The van der Waals surface area contributed by atoms with Crippen molar-refractivity contribution in [3.8, 4) is 17.2 Å². The summed E-state index contributed by atoms with van der Waals surface area (Å²) in [4.78, 5) is 28.0. The minimum absolute atomic E-state index is 0.0817. The number of ether oxygens (including phenoxy) is 4. The molecule has 0 aliphatic carbocycles. The summed E-state index contributed by atoms with van der Waals surface area (Å²) in [6.45, 7) is 4.59. The van der Waals surface area contributed by atoms with E-state index in [4.69, 9.17) is 18.9 Å². The lowest BCUT2D eigenvalue weighted by Gasteiger charge is -2.16. The molecule has 2 amide bonds. The van der Waals surface area contributed by atoms with Crippen LogP contribution in [0.3, 0.4) is 0 Å². The third-order valence-electron chi connectivity index (χ3n) is 5.18. The highest BCUT2D eigenvalue weighted by atomic mass is 16.5. The number of rotatable bonds is 11. The molecule has 1 heterocycles. The summed E-state index contributed by atoms with van der Waals surface area (Å²) in [5.74, 6) is 0.763. The molecule has 0 aromatic heterocycles. The molecular weight excluding hydrogens is 424 g/mol. The van der Waals surface area contributed by atoms with Crippen molar-refractivity contribution in [2.24, 2.45) is 0 Å². The topological polar surface area (TPSA) is 86.3 Å². The number of para-hydroxylation sites is 2. The van der Waals surface area contributed by atoms with Crippen LogP contribution in [0.15, 0.2) is 48.2 Å². The summed E-state index contributed by atoms with van der Waals surface area (Å²) in [6.07, 6.45) is 0.620. The van der Waals surface area contributed by atoms with E-state index in [-0.39, 0.29) is 29.8 Å². The van der Waals surface area contributed by atoms with Gasteiger partial charge in [0.15, 0.2) is 11.5 Å². The Morgan fingerprint density at radius 3 is 2.24 bits per heavy atom. The third kappa shape index (κ3) is 5.28. The van der Waals surface area contributed by atoms with Gasteiger partial charge in [-0.05, 0) is 50.1 Å². The fourth-order valence-electron chi connectivity index (χ4n) is 3.58. The molecule has 33 heavy (non-hydrogen) atoms. The smallest absolute Gasteiger partial charge is 0.278 e. The number of nitrogens with one attached hydrogen (secondary N) is 1. The summed E-state index contributed by atoms with van der Waals surface area (Å²) < 4.78 is 21.7. The number of anilines is 1. The van der Waals surface area contributed by atoms with Gasteiger partial charge in [-0.3, -0.25) is 14.5 Å². The normalized spacial score (nSPS) is 13.7. The van der Waals surface area contributed by atoms with Crippen LogP contribution in [0.25, 0.3) is 5.57 Å². The number of imide groups is 1. The van der Waals surface area contributed by atoms with Gasteiger partial charge in [0.05, 0.1) is 38.7 Å². The highest BCUT2D eigenvalue weighted by Gasteiger charge is 2.39. The first-order valence-corrected chi connectivity index (χ1v) is 10.8. The molecule has 3 rings (SSSR count). The van der Waals surface area contributed by atoms with Crippen LogP contribution in [0.2, 0.25) is 0 Å². The number of carbonyl (C=O) groups is 2. The average Bonchev–Trinajstić information content (AvgIpc) is 3.05. The van der Waals surface area contributed by atoms with Crippen LogP contribution in [0.5, 0.6) is 17.2 Å². The molecule has 0 atom stereocenters. The standard InChI is InChI=1S/C25H30N2O6/c1-16(2)33-14-8-13-27-24(28)22(17-11-12-20(31-4)21(15-17)32-5)23(25(27)29)26-18-9-6-7-10-19(18)30-3/h6-7,9-12,15-16,26H,8,13-14H2,1-5H3. The van der Waals surface area contributed by atoms with Gasteiger partial charge in [0.25, 0.3) is 11.8 Å². The Labute approximate surface area is 194 Å². The fraction of sp³-hybridized carbons (Fsp3) is 0.360. The van der Waals surface area contributed by atoms with Crippen molar-refractivity contribution in [2.75, 3.05) is 39.8 Å². The van der Waals surface area contributed by atoms with Crippen molar-refractivity contribution in [1.29, 1.82) is 0 Å². The van der Waals surface area contributed by atoms with Crippen LogP contribution in [0.1, 0.15) is 25.8 Å². The second-order valence-electron chi connectivity index (χ2n) is 7.68. The van der Waals surface area contributed by atoms with Gasteiger partial charge in [-0.25, -0.2) is 0 Å². The van der Waals surface area contributed by atoms with Gasteiger partial charge in [0.2, 0.25) is 0 Å². The molecule has 0 radical (unpaired) electrons. The fourth-order valence-corrected chi connectivity index (χ4v) is 3.58. The van der Waals surface area contributed by atoms with E-state index in [1.807, 2.05) is 26.0 Å². The Balaban J connectivity index is 2.00. The van der Waals surface area contributed by atoms with Crippen molar-refractivity contribution in [2.45, 2.75) is 26.4 Å². The third-order valence-corrected chi connectivity index (χ3v) is 5.18. The number of hydrogen-bond acceptors (Lipinski definition) is 7. The maximum Gasteiger partial charge on any atom is 0.278 e. The van der Waals surface area contributed by atoms with E-state index >= 15 is 0 Å². The maximum atomic E-state index is 13.4. The lowest BCUT2D eigenvalue weighted by Crippen LogP contribution is -2.34. The predicted octanol–water partition coefficient (Wildman–Crippen LogP) is 3.72. The Kier molecular flexibility index (Phi) is 7.95. The van der Waals surface area contributed by atoms with Crippen LogP contribution in [-0.4, -0.2) is 57.3 Å². The molecule has 0 fully saturated rings. The molecule has 8 nitrogen and oxygen atoms in total. The van der Waals surface area contributed by atoms with E-state index in [2.05, 4.69) is 5.32 Å². The zero-order valence-electron chi connectivity index (χ0n) is 19.6. The van der Waals surface area contributed by atoms with Crippen LogP contribution in [0.4, 0.5) is 5.69 Å². The van der Waals surface area contributed by atoms with E-state index in [0.717, 1.165) is 0 Å². The molecular formula is C25H30N2O6. The van der Waals surface area contributed by atoms with Gasteiger partial charge in [0.1, 0.15) is 11.4 Å². The molecule has 0 unspecified atom stereocenters. The molecule has 1 aliphatic heterocycles. The summed E-state index contributed by atoms with van der Waals surface area (Å²) in [6, 6.07) is 12.3. The Bertz CT molecular complexity index is 1050. The molecule has 8 heteroatoms. The quantitative estimate of drug-likeness (QED) is 0.409. The minimum atomic E-state index is -0.403. The summed E-state index contributed by atoms with van der Waals surface area (Å²) in [5, 5.41) is 3.13. The molecule has 2 aromatic rings. The van der Waals surface area contributed by atoms with Gasteiger partial charge < -0.3 is 24.3 Å². The first-order valence-electron chi connectivity index (χ1n) is 10.8. The highest BCUT2D eigenvalue weighted by Crippen LogP contribution is 2.36. The second kappa shape index (κ2) is 10.9. The Morgan fingerprint density at radius 1 is 0.879 bits per heavy atom. The summed E-state index contributed by atoms with van der Waals surface area (Å²) in [7, 11) is 4.61. The number of carbonyl (C=O) groups excluding carboxylic acids is 2. The van der Waals surface area contributed by atoms with Crippen LogP contribution >= 0.6 is 0 Å². The molecule has 1 N–H and O–H groups in total. The van der Waals surface area contributed by atoms with E-state index in [1.54, 1.807) is 37.4 Å². The van der Waals surface area contributed by atoms with Crippen molar-refractivity contribution in [1.82, 2.24) is 4.90 Å². The Morgan fingerprint density at radius 2 is 1.58 bits per heavy atom.